The molecule has 0 aromatic heterocycles. The first-order valence-corrected chi connectivity index (χ1v) is 10.0. The number of rotatable bonds is 11. The van der Waals surface area contributed by atoms with E-state index in [0.717, 1.165) is 11.4 Å². The molecule has 0 fully saturated rings. The fourth-order valence-corrected chi connectivity index (χ4v) is 3.83. The Morgan fingerprint density at radius 2 is 1.79 bits per heavy atom. The molecule has 0 aliphatic rings. The molecule has 0 nitrogen and oxygen atoms in total. The molecular formula is C23H35Cl. The lowest BCUT2D eigenvalue weighted by Crippen LogP contribution is -2.15. The van der Waals surface area contributed by atoms with Crippen molar-refractivity contribution in [1.82, 2.24) is 0 Å². The SMILES string of the molecule is C=C(C)C(c1ccc(Cl)cc1/C=C/CCCC)C(CCC)CCC. The van der Waals surface area contributed by atoms with Crippen molar-refractivity contribution in [3.63, 3.8) is 0 Å². The van der Waals surface area contributed by atoms with Gasteiger partial charge in [0.05, 0.1) is 0 Å². The van der Waals surface area contributed by atoms with Gasteiger partial charge in [0.15, 0.2) is 0 Å². The van der Waals surface area contributed by atoms with Crippen molar-refractivity contribution in [3.8, 4) is 0 Å². The third-order valence-corrected chi connectivity index (χ3v) is 4.96. The minimum absolute atomic E-state index is 0.424. The molecule has 1 rings (SSSR count). The Hall–Kier alpha value is -1.01. The molecule has 1 aromatic rings. The first kappa shape index (κ1) is 21.0. The Morgan fingerprint density at radius 1 is 1.12 bits per heavy atom. The highest BCUT2D eigenvalue weighted by Gasteiger charge is 2.24. The van der Waals surface area contributed by atoms with Gasteiger partial charge in [-0.2, -0.15) is 0 Å². The second-order valence-corrected chi connectivity index (χ2v) is 7.42. The zero-order valence-electron chi connectivity index (χ0n) is 16.1. The summed E-state index contributed by atoms with van der Waals surface area (Å²) in [4.78, 5) is 0. The van der Waals surface area contributed by atoms with Gasteiger partial charge in [-0.3, -0.25) is 0 Å². The molecule has 0 N–H and O–H groups in total. The molecule has 1 heteroatoms. The van der Waals surface area contributed by atoms with Gasteiger partial charge >= 0.3 is 0 Å². The predicted octanol–water partition coefficient (Wildman–Crippen LogP) is 8.42. The fourth-order valence-electron chi connectivity index (χ4n) is 3.65. The van der Waals surface area contributed by atoms with E-state index in [1.165, 1.54) is 55.2 Å². The molecular weight excluding hydrogens is 312 g/mol. The van der Waals surface area contributed by atoms with Crippen LogP contribution in [-0.4, -0.2) is 0 Å². The highest BCUT2D eigenvalue weighted by atomic mass is 35.5. The summed E-state index contributed by atoms with van der Waals surface area (Å²) in [6.45, 7) is 13.3. The molecule has 0 saturated heterocycles. The van der Waals surface area contributed by atoms with E-state index in [4.69, 9.17) is 11.6 Å². The molecule has 0 aliphatic heterocycles. The summed E-state index contributed by atoms with van der Waals surface area (Å²) in [6.07, 6.45) is 13.1. The van der Waals surface area contributed by atoms with Crippen molar-refractivity contribution in [1.29, 1.82) is 0 Å². The molecule has 0 bridgehead atoms. The van der Waals surface area contributed by atoms with Crippen LogP contribution in [-0.2, 0) is 0 Å². The quantitative estimate of drug-likeness (QED) is 0.278. The number of halogens is 1. The van der Waals surface area contributed by atoms with Crippen LogP contribution in [0.15, 0.2) is 36.4 Å². The van der Waals surface area contributed by atoms with Gasteiger partial charge in [0.2, 0.25) is 0 Å². The molecule has 0 radical (unpaired) electrons. The molecule has 0 amide bonds. The van der Waals surface area contributed by atoms with Crippen molar-refractivity contribution in [3.05, 3.63) is 52.6 Å². The van der Waals surface area contributed by atoms with E-state index < -0.39 is 0 Å². The van der Waals surface area contributed by atoms with Gasteiger partial charge in [-0.15, -0.1) is 0 Å². The molecule has 134 valence electrons. The zero-order chi connectivity index (χ0) is 17.9. The van der Waals surface area contributed by atoms with Crippen LogP contribution >= 0.6 is 11.6 Å². The summed E-state index contributed by atoms with van der Waals surface area (Å²) >= 11 is 6.29. The summed E-state index contributed by atoms with van der Waals surface area (Å²) < 4.78 is 0. The van der Waals surface area contributed by atoms with E-state index in [1.54, 1.807) is 0 Å². The molecule has 0 saturated carbocycles. The lowest BCUT2D eigenvalue weighted by molar-refractivity contribution is 0.392. The Morgan fingerprint density at radius 3 is 2.33 bits per heavy atom. The summed E-state index contributed by atoms with van der Waals surface area (Å²) in [5.41, 5.74) is 3.93. The number of hydrogen-bond acceptors (Lipinski definition) is 0. The molecule has 0 aliphatic carbocycles. The Balaban J connectivity index is 3.21. The summed E-state index contributed by atoms with van der Waals surface area (Å²) in [6, 6.07) is 6.37. The number of allylic oxidation sites excluding steroid dienone is 2. The molecule has 0 heterocycles. The van der Waals surface area contributed by atoms with Gasteiger partial charge in [0, 0.05) is 10.9 Å². The number of benzene rings is 1. The minimum Gasteiger partial charge on any atom is -0.0995 e. The van der Waals surface area contributed by atoms with E-state index >= 15 is 0 Å². The van der Waals surface area contributed by atoms with Gasteiger partial charge in [-0.05, 0) is 55.4 Å². The van der Waals surface area contributed by atoms with Crippen LogP contribution in [0.4, 0.5) is 0 Å². The van der Waals surface area contributed by atoms with Gasteiger partial charge in [0.25, 0.3) is 0 Å². The molecule has 1 atom stereocenters. The third-order valence-electron chi connectivity index (χ3n) is 4.73. The number of hydrogen-bond donors (Lipinski definition) is 0. The molecule has 0 spiro atoms. The van der Waals surface area contributed by atoms with E-state index in [-0.39, 0.29) is 0 Å². The maximum Gasteiger partial charge on any atom is 0.0412 e. The predicted molar refractivity (Wildman–Crippen MR) is 111 cm³/mol. The lowest BCUT2D eigenvalue weighted by Gasteiger charge is -2.29. The Labute approximate surface area is 155 Å². The normalized spacial score (nSPS) is 12.9. The van der Waals surface area contributed by atoms with Gasteiger partial charge in [0.1, 0.15) is 0 Å². The highest BCUT2D eigenvalue weighted by Crippen LogP contribution is 2.39. The van der Waals surface area contributed by atoms with Crippen LogP contribution in [0.5, 0.6) is 0 Å². The van der Waals surface area contributed by atoms with Gasteiger partial charge in [-0.25, -0.2) is 0 Å². The monoisotopic (exact) mass is 346 g/mol. The summed E-state index contributed by atoms with van der Waals surface area (Å²) in [5, 5.41) is 0.817. The van der Waals surface area contributed by atoms with Crippen LogP contribution in [0.2, 0.25) is 5.02 Å². The van der Waals surface area contributed by atoms with Crippen molar-refractivity contribution >= 4 is 17.7 Å². The maximum absolute atomic E-state index is 6.29. The number of unbranched alkanes of at least 4 members (excludes halogenated alkanes) is 2. The standard InChI is InChI=1S/C23H35Cl/c1-6-9-10-11-14-20-17-21(24)15-16-22(20)23(18(4)5)19(12-7-2)13-8-3/h11,14-17,19,23H,4,6-10,12-13H2,1-3,5H3/b14-11+. The zero-order valence-corrected chi connectivity index (χ0v) is 16.8. The highest BCUT2D eigenvalue weighted by molar-refractivity contribution is 6.30. The van der Waals surface area contributed by atoms with Crippen LogP contribution < -0.4 is 0 Å². The molecule has 1 unspecified atom stereocenters. The lowest BCUT2D eigenvalue weighted by atomic mass is 9.75. The van der Waals surface area contributed by atoms with Crippen molar-refractivity contribution in [2.24, 2.45) is 5.92 Å². The van der Waals surface area contributed by atoms with Crippen LogP contribution in [0.3, 0.4) is 0 Å². The van der Waals surface area contributed by atoms with Crippen molar-refractivity contribution in [2.75, 3.05) is 0 Å². The first-order valence-electron chi connectivity index (χ1n) is 9.66. The van der Waals surface area contributed by atoms with Crippen molar-refractivity contribution < 1.29 is 0 Å². The minimum atomic E-state index is 0.424. The topological polar surface area (TPSA) is 0 Å². The second kappa shape index (κ2) is 11.5. The van der Waals surface area contributed by atoms with Crippen LogP contribution in [0.1, 0.15) is 89.7 Å². The summed E-state index contributed by atoms with van der Waals surface area (Å²) in [7, 11) is 0. The third kappa shape index (κ3) is 6.48. The van der Waals surface area contributed by atoms with Crippen LogP contribution in [0, 0.1) is 5.92 Å². The fraction of sp³-hybridized carbons (Fsp3) is 0.565. The van der Waals surface area contributed by atoms with Crippen molar-refractivity contribution in [2.45, 2.75) is 78.6 Å². The Bertz CT molecular complexity index is 521. The van der Waals surface area contributed by atoms with E-state index in [9.17, 15) is 0 Å². The smallest absolute Gasteiger partial charge is 0.0412 e. The Kier molecular flexibility index (Phi) is 10.1. The molecule has 1 aromatic carbocycles. The second-order valence-electron chi connectivity index (χ2n) is 6.98. The van der Waals surface area contributed by atoms with E-state index in [1.807, 2.05) is 6.07 Å². The summed E-state index contributed by atoms with van der Waals surface area (Å²) in [5.74, 6) is 1.09. The van der Waals surface area contributed by atoms with E-state index in [2.05, 4.69) is 58.6 Å². The van der Waals surface area contributed by atoms with Gasteiger partial charge < -0.3 is 0 Å². The first-order chi connectivity index (χ1) is 11.5. The maximum atomic E-state index is 6.29. The van der Waals surface area contributed by atoms with E-state index in [0.29, 0.717) is 11.8 Å². The average Bonchev–Trinajstić information content (AvgIpc) is 2.54. The average molecular weight is 347 g/mol. The van der Waals surface area contributed by atoms with Gasteiger partial charge in [-0.1, -0.05) is 88.4 Å². The van der Waals surface area contributed by atoms with Crippen LogP contribution in [0.25, 0.3) is 6.08 Å². The molecule has 24 heavy (non-hydrogen) atoms. The largest absolute Gasteiger partial charge is 0.0995 e.